The topological polar surface area (TPSA) is 12.0 Å². The van der Waals surface area contributed by atoms with Crippen LogP contribution in [0.4, 0.5) is 13.2 Å². The van der Waals surface area contributed by atoms with Gasteiger partial charge < -0.3 is 5.32 Å². The van der Waals surface area contributed by atoms with E-state index >= 15 is 0 Å². The Morgan fingerprint density at radius 1 is 1.14 bits per heavy atom. The Morgan fingerprint density at radius 3 is 2.29 bits per heavy atom. The van der Waals surface area contributed by atoms with Crippen molar-refractivity contribution in [1.82, 2.24) is 5.32 Å². The van der Waals surface area contributed by atoms with E-state index in [1.165, 1.54) is 37.8 Å². The molecule has 1 unspecified atom stereocenters. The molecule has 2 rings (SSSR count). The largest absolute Gasteiger partial charge is 0.417 e. The van der Waals surface area contributed by atoms with Gasteiger partial charge in [-0.25, -0.2) is 0 Å². The fourth-order valence-electron chi connectivity index (χ4n) is 3.27. The van der Waals surface area contributed by atoms with Gasteiger partial charge in [0, 0.05) is 10.5 Å². The van der Waals surface area contributed by atoms with Crippen LogP contribution in [0.2, 0.25) is 0 Å². The van der Waals surface area contributed by atoms with Gasteiger partial charge >= 0.3 is 6.18 Å². The Hall–Kier alpha value is -0.550. The monoisotopic (exact) mass is 363 g/mol. The van der Waals surface area contributed by atoms with Gasteiger partial charge in [-0.1, -0.05) is 47.7 Å². The molecule has 5 heteroatoms. The number of rotatable bonds is 3. The molecule has 1 aliphatic rings. The number of alkyl halides is 3. The van der Waals surface area contributed by atoms with Crippen molar-refractivity contribution >= 4 is 15.9 Å². The number of hydrogen-bond donors (Lipinski definition) is 1. The van der Waals surface area contributed by atoms with Gasteiger partial charge in [0.2, 0.25) is 0 Å². The molecule has 1 aliphatic carbocycles. The molecule has 0 radical (unpaired) electrons. The van der Waals surface area contributed by atoms with E-state index in [1.807, 2.05) is 7.05 Å². The second kappa shape index (κ2) is 7.14. The SMILES string of the molecule is CNC(c1ccc(Br)c(C(F)(F)F)c1)C1CCCCCC1. The smallest absolute Gasteiger partial charge is 0.313 e. The molecule has 21 heavy (non-hydrogen) atoms. The summed E-state index contributed by atoms with van der Waals surface area (Å²) in [7, 11) is 1.84. The molecule has 1 saturated carbocycles. The van der Waals surface area contributed by atoms with Gasteiger partial charge in [0.1, 0.15) is 0 Å². The van der Waals surface area contributed by atoms with Crippen molar-refractivity contribution in [3.8, 4) is 0 Å². The predicted molar refractivity (Wildman–Crippen MR) is 82.1 cm³/mol. The molecule has 1 N–H and O–H groups in total. The standard InChI is InChI=1S/C16H21BrF3N/c1-21-15(11-6-4-2-3-5-7-11)12-8-9-14(17)13(10-12)16(18,19)20/h8-11,15,21H,2-7H2,1H3. The zero-order chi connectivity index (χ0) is 15.5. The molecule has 0 aromatic heterocycles. The molecule has 0 bridgehead atoms. The lowest BCUT2D eigenvalue weighted by molar-refractivity contribution is -0.138. The van der Waals surface area contributed by atoms with Crippen LogP contribution in [0.15, 0.2) is 22.7 Å². The Bertz CT molecular complexity index is 465. The summed E-state index contributed by atoms with van der Waals surface area (Å²) in [6.45, 7) is 0. The average molecular weight is 364 g/mol. The van der Waals surface area contributed by atoms with Crippen LogP contribution in [-0.2, 0) is 6.18 Å². The van der Waals surface area contributed by atoms with Gasteiger partial charge in [0.05, 0.1) is 5.56 Å². The van der Waals surface area contributed by atoms with Gasteiger partial charge in [-0.05, 0) is 43.5 Å². The molecule has 1 atom stereocenters. The maximum atomic E-state index is 13.1. The highest BCUT2D eigenvalue weighted by molar-refractivity contribution is 9.10. The molecule has 1 aromatic rings. The Labute approximate surface area is 132 Å². The summed E-state index contributed by atoms with van der Waals surface area (Å²) in [5.41, 5.74) is 0.147. The van der Waals surface area contributed by atoms with Gasteiger partial charge in [0.15, 0.2) is 0 Å². The molecule has 1 aromatic carbocycles. The third-order valence-corrected chi connectivity index (χ3v) is 5.03. The summed E-state index contributed by atoms with van der Waals surface area (Å²) < 4.78 is 39.3. The lowest BCUT2D eigenvalue weighted by atomic mass is 9.86. The number of halogens is 4. The Morgan fingerprint density at radius 2 is 1.76 bits per heavy atom. The zero-order valence-corrected chi connectivity index (χ0v) is 13.7. The lowest BCUT2D eigenvalue weighted by Crippen LogP contribution is -2.25. The van der Waals surface area contributed by atoms with Crippen molar-refractivity contribution in [2.45, 2.75) is 50.7 Å². The van der Waals surface area contributed by atoms with Gasteiger partial charge in [-0.15, -0.1) is 0 Å². The number of benzene rings is 1. The molecule has 1 fully saturated rings. The second-order valence-electron chi connectivity index (χ2n) is 5.76. The van der Waals surface area contributed by atoms with E-state index < -0.39 is 11.7 Å². The highest BCUT2D eigenvalue weighted by Crippen LogP contribution is 2.39. The van der Waals surface area contributed by atoms with Crippen LogP contribution in [-0.4, -0.2) is 7.05 Å². The summed E-state index contributed by atoms with van der Waals surface area (Å²) in [6, 6.07) is 4.60. The first-order chi connectivity index (χ1) is 9.93. The second-order valence-corrected chi connectivity index (χ2v) is 6.61. The number of nitrogens with one attached hydrogen (secondary N) is 1. The summed E-state index contributed by atoms with van der Waals surface area (Å²) in [5, 5.41) is 3.23. The quantitative estimate of drug-likeness (QED) is 0.679. The molecule has 0 spiro atoms. The van der Waals surface area contributed by atoms with Gasteiger partial charge in [-0.3, -0.25) is 0 Å². The fourth-order valence-corrected chi connectivity index (χ4v) is 3.74. The minimum absolute atomic E-state index is 0.00250. The van der Waals surface area contributed by atoms with Crippen molar-refractivity contribution in [2.75, 3.05) is 7.05 Å². The lowest BCUT2D eigenvalue weighted by Gasteiger charge is -2.27. The summed E-state index contributed by atoms with van der Waals surface area (Å²) >= 11 is 3.01. The molecule has 0 amide bonds. The van der Waals surface area contributed by atoms with E-state index in [2.05, 4.69) is 21.2 Å². The first kappa shape index (κ1) is 16.8. The van der Waals surface area contributed by atoms with Crippen LogP contribution >= 0.6 is 15.9 Å². The summed E-state index contributed by atoms with van der Waals surface area (Å²) in [5.74, 6) is 0.416. The van der Waals surface area contributed by atoms with E-state index in [-0.39, 0.29) is 10.5 Å². The average Bonchev–Trinajstić information content (AvgIpc) is 2.69. The van der Waals surface area contributed by atoms with Crippen LogP contribution in [0.3, 0.4) is 0 Å². The van der Waals surface area contributed by atoms with Gasteiger partial charge in [0.25, 0.3) is 0 Å². The number of hydrogen-bond acceptors (Lipinski definition) is 1. The molecule has 0 aliphatic heterocycles. The third-order valence-electron chi connectivity index (χ3n) is 4.34. The highest BCUT2D eigenvalue weighted by atomic mass is 79.9. The predicted octanol–water partition coefficient (Wildman–Crippen LogP) is 5.70. The van der Waals surface area contributed by atoms with Crippen molar-refractivity contribution in [1.29, 1.82) is 0 Å². The third kappa shape index (κ3) is 4.22. The summed E-state index contributed by atoms with van der Waals surface area (Å²) in [6.07, 6.45) is 2.67. The molecule has 1 nitrogen and oxygen atoms in total. The van der Waals surface area contributed by atoms with Crippen molar-refractivity contribution in [3.05, 3.63) is 33.8 Å². The van der Waals surface area contributed by atoms with Crippen molar-refractivity contribution < 1.29 is 13.2 Å². The van der Waals surface area contributed by atoms with Crippen molar-refractivity contribution in [2.24, 2.45) is 5.92 Å². The van der Waals surface area contributed by atoms with E-state index in [0.717, 1.165) is 18.4 Å². The van der Waals surface area contributed by atoms with Crippen LogP contribution in [0.25, 0.3) is 0 Å². The van der Waals surface area contributed by atoms with E-state index in [9.17, 15) is 13.2 Å². The Balaban J connectivity index is 2.29. The van der Waals surface area contributed by atoms with Crippen LogP contribution < -0.4 is 5.32 Å². The van der Waals surface area contributed by atoms with E-state index in [4.69, 9.17) is 0 Å². The molecule has 0 saturated heterocycles. The molecular weight excluding hydrogens is 343 g/mol. The normalized spacial score (nSPS) is 19.3. The van der Waals surface area contributed by atoms with Crippen LogP contribution in [0.5, 0.6) is 0 Å². The zero-order valence-electron chi connectivity index (χ0n) is 12.1. The van der Waals surface area contributed by atoms with Crippen molar-refractivity contribution in [3.63, 3.8) is 0 Å². The molecular formula is C16H21BrF3N. The van der Waals surface area contributed by atoms with E-state index in [0.29, 0.717) is 5.92 Å². The maximum absolute atomic E-state index is 13.1. The minimum atomic E-state index is -4.32. The maximum Gasteiger partial charge on any atom is 0.417 e. The van der Waals surface area contributed by atoms with Crippen LogP contribution in [0.1, 0.15) is 55.7 Å². The minimum Gasteiger partial charge on any atom is -0.313 e. The Kier molecular flexibility index (Phi) is 5.72. The van der Waals surface area contributed by atoms with Gasteiger partial charge in [-0.2, -0.15) is 13.2 Å². The molecule has 118 valence electrons. The molecule has 0 heterocycles. The fraction of sp³-hybridized carbons (Fsp3) is 0.625. The first-order valence-electron chi connectivity index (χ1n) is 7.47. The van der Waals surface area contributed by atoms with Crippen LogP contribution in [0, 0.1) is 5.92 Å². The van der Waals surface area contributed by atoms with E-state index in [1.54, 1.807) is 6.07 Å². The first-order valence-corrected chi connectivity index (χ1v) is 8.26. The highest BCUT2D eigenvalue weighted by Gasteiger charge is 2.34. The summed E-state index contributed by atoms with van der Waals surface area (Å²) in [4.78, 5) is 0.